The standard InChI is InChI=1S/C46H53NO11/c1-2-3-4-5-6-7-8-9-10-11-12-13-14-15-16-27-42(50)47-33-28-29-40(58-46(54)35-22-20-24-37(49)44(35)52)41(32-33)56-31-30-55-38-25-17-18-26-39(38)57-45(53)34-21-19-23-36(48)43(34)51/h6-7,9-10,17-26,28-29,32,48-49,51-52H,2-5,8,11-16,27,30-31H2,1H3,(H,47,50)/b7-6-,10-9-. The van der Waals surface area contributed by atoms with Crippen molar-refractivity contribution in [1.29, 1.82) is 0 Å². The molecule has 0 bridgehead atoms. The lowest BCUT2D eigenvalue weighted by Crippen LogP contribution is -2.15. The lowest BCUT2D eigenvalue weighted by atomic mass is 10.1. The summed E-state index contributed by atoms with van der Waals surface area (Å²) in [5.74, 6) is -4.00. The van der Waals surface area contributed by atoms with E-state index >= 15 is 0 Å². The molecule has 4 aromatic rings. The van der Waals surface area contributed by atoms with Gasteiger partial charge in [0.2, 0.25) is 5.91 Å². The number of phenolic OH excluding ortho intramolecular Hbond substituents is 4. The van der Waals surface area contributed by atoms with Crippen molar-refractivity contribution in [3.63, 3.8) is 0 Å². The van der Waals surface area contributed by atoms with Gasteiger partial charge in [-0.1, -0.05) is 87.6 Å². The Bertz CT molecular complexity index is 2010. The molecule has 0 aliphatic carbocycles. The highest BCUT2D eigenvalue weighted by atomic mass is 16.6. The van der Waals surface area contributed by atoms with Gasteiger partial charge in [-0.3, -0.25) is 4.79 Å². The Morgan fingerprint density at radius 2 is 1.10 bits per heavy atom. The van der Waals surface area contributed by atoms with Gasteiger partial charge in [0.1, 0.15) is 24.3 Å². The number of benzene rings is 4. The zero-order valence-electron chi connectivity index (χ0n) is 32.9. The number of unbranched alkanes of at least 4 members (excludes halogenated alkanes) is 8. The number of amides is 1. The zero-order chi connectivity index (χ0) is 41.5. The second kappa shape index (κ2) is 24.3. The quantitative estimate of drug-likeness (QED) is 0.0150. The number of aromatic hydroxyl groups is 4. The molecule has 0 saturated heterocycles. The minimum atomic E-state index is -0.957. The van der Waals surface area contributed by atoms with E-state index in [2.05, 4.69) is 36.5 Å². The molecule has 58 heavy (non-hydrogen) atoms. The zero-order valence-corrected chi connectivity index (χ0v) is 32.9. The van der Waals surface area contributed by atoms with E-state index in [0.717, 1.165) is 51.4 Å². The number of carbonyl (C=O) groups is 3. The molecule has 5 N–H and O–H groups in total. The van der Waals surface area contributed by atoms with E-state index in [4.69, 9.17) is 18.9 Å². The molecule has 0 fully saturated rings. The fourth-order valence-electron chi connectivity index (χ4n) is 5.76. The fraction of sp³-hybridized carbons (Fsp3) is 0.326. The number of hydrogen-bond donors (Lipinski definition) is 5. The molecule has 12 nitrogen and oxygen atoms in total. The van der Waals surface area contributed by atoms with Crippen LogP contribution in [0.3, 0.4) is 0 Å². The highest BCUT2D eigenvalue weighted by Crippen LogP contribution is 2.35. The van der Waals surface area contributed by atoms with Crippen LogP contribution in [0, 0.1) is 0 Å². The largest absolute Gasteiger partial charge is 0.504 e. The molecule has 308 valence electrons. The molecule has 1 amide bonds. The Morgan fingerprint density at radius 3 is 1.72 bits per heavy atom. The Labute approximate surface area is 339 Å². The monoisotopic (exact) mass is 795 g/mol. The van der Waals surface area contributed by atoms with Crippen LogP contribution >= 0.6 is 0 Å². The Morgan fingerprint density at radius 1 is 0.569 bits per heavy atom. The van der Waals surface area contributed by atoms with Crippen molar-refractivity contribution in [3.05, 3.63) is 114 Å². The van der Waals surface area contributed by atoms with E-state index in [1.165, 1.54) is 73.9 Å². The number of allylic oxidation sites excluding steroid dienone is 4. The summed E-state index contributed by atoms with van der Waals surface area (Å²) in [4.78, 5) is 38.6. The van der Waals surface area contributed by atoms with Crippen molar-refractivity contribution in [2.45, 2.75) is 84.0 Å². The van der Waals surface area contributed by atoms with Gasteiger partial charge in [0.05, 0.1) is 0 Å². The van der Waals surface area contributed by atoms with Gasteiger partial charge < -0.3 is 44.7 Å². The number of ether oxygens (including phenoxy) is 4. The SMILES string of the molecule is CCCCC/C=C\C/C=C\CCCCCCCC(=O)Nc1ccc(OC(=O)c2cccc(O)c2O)c(OCCOc2ccccc2OC(=O)c2cccc(O)c2O)c1. The molecule has 0 aliphatic rings. The summed E-state index contributed by atoms with van der Waals surface area (Å²) in [7, 11) is 0. The van der Waals surface area contributed by atoms with Gasteiger partial charge in [0, 0.05) is 18.2 Å². The summed E-state index contributed by atoms with van der Waals surface area (Å²) < 4.78 is 22.7. The van der Waals surface area contributed by atoms with Gasteiger partial charge in [0.15, 0.2) is 46.0 Å². The van der Waals surface area contributed by atoms with Crippen molar-refractivity contribution >= 4 is 23.5 Å². The molecule has 4 aromatic carbocycles. The molecule has 0 aromatic heterocycles. The van der Waals surface area contributed by atoms with E-state index < -0.39 is 34.9 Å². The van der Waals surface area contributed by atoms with Crippen LogP contribution in [0.4, 0.5) is 5.69 Å². The maximum absolute atomic E-state index is 13.0. The van der Waals surface area contributed by atoms with Crippen molar-refractivity contribution in [2.24, 2.45) is 0 Å². The maximum atomic E-state index is 13.0. The summed E-state index contributed by atoms with van der Waals surface area (Å²) >= 11 is 0. The lowest BCUT2D eigenvalue weighted by Gasteiger charge is -2.15. The van der Waals surface area contributed by atoms with Crippen LogP contribution in [0.5, 0.6) is 46.0 Å². The molecular formula is C46H53NO11. The van der Waals surface area contributed by atoms with Gasteiger partial charge >= 0.3 is 11.9 Å². The van der Waals surface area contributed by atoms with Crippen LogP contribution in [-0.4, -0.2) is 51.5 Å². The van der Waals surface area contributed by atoms with Crippen molar-refractivity contribution in [1.82, 2.24) is 0 Å². The van der Waals surface area contributed by atoms with Crippen molar-refractivity contribution in [3.8, 4) is 46.0 Å². The molecule has 0 atom stereocenters. The molecule has 4 rings (SSSR count). The number of carbonyl (C=O) groups excluding carboxylic acids is 3. The van der Waals surface area contributed by atoms with Gasteiger partial charge in [-0.25, -0.2) is 9.59 Å². The average molecular weight is 796 g/mol. The van der Waals surface area contributed by atoms with E-state index in [1.807, 2.05) is 0 Å². The fourth-order valence-corrected chi connectivity index (χ4v) is 5.76. The molecule has 0 spiro atoms. The van der Waals surface area contributed by atoms with E-state index in [-0.39, 0.29) is 53.2 Å². The van der Waals surface area contributed by atoms with E-state index in [1.54, 1.807) is 24.3 Å². The highest BCUT2D eigenvalue weighted by molar-refractivity contribution is 5.96. The van der Waals surface area contributed by atoms with Crippen molar-refractivity contribution in [2.75, 3.05) is 18.5 Å². The van der Waals surface area contributed by atoms with Gasteiger partial charge in [-0.05, 0) is 87.1 Å². The van der Waals surface area contributed by atoms with Crippen LogP contribution < -0.4 is 24.3 Å². The minimum absolute atomic E-state index is 0.0280. The Kier molecular flexibility index (Phi) is 18.5. The molecule has 0 heterocycles. The third-order valence-electron chi connectivity index (χ3n) is 8.90. The minimum Gasteiger partial charge on any atom is -0.504 e. The third-order valence-corrected chi connectivity index (χ3v) is 8.90. The van der Waals surface area contributed by atoms with Crippen LogP contribution in [0.2, 0.25) is 0 Å². The molecule has 0 aliphatic heterocycles. The Hall–Kier alpha value is -6.43. The molecular weight excluding hydrogens is 743 g/mol. The Balaban J connectivity index is 1.29. The number of anilines is 1. The topological polar surface area (TPSA) is 181 Å². The molecule has 0 radical (unpaired) electrons. The molecule has 0 saturated carbocycles. The second-order valence-corrected chi connectivity index (χ2v) is 13.5. The smallest absolute Gasteiger partial charge is 0.347 e. The predicted molar refractivity (Wildman–Crippen MR) is 221 cm³/mol. The first kappa shape index (κ1) is 44.3. The summed E-state index contributed by atoms with van der Waals surface area (Å²) in [5.41, 5.74) is -0.109. The summed E-state index contributed by atoms with van der Waals surface area (Å²) in [6, 6.07) is 18.6. The van der Waals surface area contributed by atoms with E-state index in [0.29, 0.717) is 12.1 Å². The lowest BCUT2D eigenvalue weighted by molar-refractivity contribution is -0.116. The number of nitrogens with one attached hydrogen (secondary N) is 1. The molecule has 12 heteroatoms. The summed E-state index contributed by atoms with van der Waals surface area (Å²) in [6.07, 6.45) is 21.2. The van der Waals surface area contributed by atoms with Crippen molar-refractivity contribution < 1.29 is 53.8 Å². The third kappa shape index (κ3) is 14.6. The summed E-state index contributed by atoms with van der Waals surface area (Å²) in [5, 5.41) is 42.8. The van der Waals surface area contributed by atoms with Crippen LogP contribution in [0.25, 0.3) is 0 Å². The first-order chi connectivity index (χ1) is 28.2. The predicted octanol–water partition coefficient (Wildman–Crippen LogP) is 10.2. The number of hydrogen-bond acceptors (Lipinski definition) is 11. The first-order valence-corrected chi connectivity index (χ1v) is 19.7. The van der Waals surface area contributed by atoms with Gasteiger partial charge in [0.25, 0.3) is 0 Å². The second-order valence-electron chi connectivity index (χ2n) is 13.5. The first-order valence-electron chi connectivity index (χ1n) is 19.7. The highest BCUT2D eigenvalue weighted by Gasteiger charge is 2.20. The number of rotatable bonds is 24. The number of phenols is 4. The number of para-hydroxylation sites is 4. The summed E-state index contributed by atoms with van der Waals surface area (Å²) in [6.45, 7) is 2.04. The van der Waals surface area contributed by atoms with E-state index in [9.17, 15) is 34.8 Å². The van der Waals surface area contributed by atoms with Gasteiger partial charge in [-0.2, -0.15) is 0 Å². The average Bonchev–Trinajstić information content (AvgIpc) is 3.21. The normalized spacial score (nSPS) is 11.1. The van der Waals surface area contributed by atoms with Crippen LogP contribution in [0.15, 0.2) is 103 Å². The van der Waals surface area contributed by atoms with Crippen LogP contribution in [0.1, 0.15) is 105 Å². The molecule has 0 unspecified atom stereocenters. The number of esters is 2. The van der Waals surface area contributed by atoms with Gasteiger partial charge in [-0.15, -0.1) is 0 Å². The maximum Gasteiger partial charge on any atom is 0.347 e. The van der Waals surface area contributed by atoms with Crippen LogP contribution in [-0.2, 0) is 4.79 Å².